The third-order valence-electron chi connectivity index (χ3n) is 4.75. The van der Waals surface area contributed by atoms with Crippen molar-refractivity contribution >= 4 is 11.5 Å². The first-order valence-corrected chi connectivity index (χ1v) is 7.83. The second-order valence-corrected chi connectivity index (χ2v) is 6.38. The van der Waals surface area contributed by atoms with Gasteiger partial charge in [-0.2, -0.15) is 0 Å². The third-order valence-corrected chi connectivity index (χ3v) is 4.75. The zero-order valence-corrected chi connectivity index (χ0v) is 12.6. The number of hydrogen-bond donors (Lipinski definition) is 2. The Bertz CT molecular complexity index is 931. The first kappa shape index (κ1) is 12.8. The zero-order chi connectivity index (χ0) is 15.6. The second kappa shape index (κ2) is 4.41. The van der Waals surface area contributed by atoms with E-state index in [1.54, 1.807) is 12.3 Å². The molecule has 1 aliphatic heterocycles. The highest BCUT2D eigenvalue weighted by atomic mass is 19.1. The van der Waals surface area contributed by atoms with Crippen LogP contribution < -0.4 is 5.32 Å². The summed E-state index contributed by atoms with van der Waals surface area (Å²) in [5.41, 5.74) is 4.40. The molecule has 114 valence electrons. The van der Waals surface area contributed by atoms with Crippen LogP contribution in [0.4, 0.5) is 15.9 Å². The number of H-pyrrole nitrogens is 1. The SMILES string of the molecule is C[C@H]1CC1c1nc2c([nH]1)-c1ccc(F)cc1Nc1ncccc1-2. The van der Waals surface area contributed by atoms with E-state index in [9.17, 15) is 4.39 Å². The van der Waals surface area contributed by atoms with Crippen molar-refractivity contribution in [3.63, 3.8) is 0 Å². The van der Waals surface area contributed by atoms with Crippen molar-refractivity contribution < 1.29 is 4.39 Å². The van der Waals surface area contributed by atoms with Gasteiger partial charge in [-0.1, -0.05) is 6.92 Å². The number of fused-ring (bicyclic) bond motifs is 5. The van der Waals surface area contributed by atoms with Gasteiger partial charge in [0.2, 0.25) is 0 Å². The molecule has 3 aromatic rings. The summed E-state index contributed by atoms with van der Waals surface area (Å²) in [7, 11) is 0. The number of halogens is 1. The highest BCUT2D eigenvalue weighted by molar-refractivity contribution is 5.94. The van der Waals surface area contributed by atoms with Crippen molar-refractivity contribution in [1.29, 1.82) is 0 Å². The molecule has 3 heterocycles. The summed E-state index contributed by atoms with van der Waals surface area (Å²) >= 11 is 0. The fourth-order valence-electron chi connectivity index (χ4n) is 3.32. The van der Waals surface area contributed by atoms with Crippen molar-refractivity contribution in [2.75, 3.05) is 5.32 Å². The topological polar surface area (TPSA) is 53.6 Å². The lowest BCUT2D eigenvalue weighted by Crippen LogP contribution is -1.96. The summed E-state index contributed by atoms with van der Waals surface area (Å²) in [4.78, 5) is 12.7. The lowest BCUT2D eigenvalue weighted by Gasteiger charge is -2.08. The lowest BCUT2D eigenvalue weighted by molar-refractivity contribution is 0.628. The van der Waals surface area contributed by atoms with Crippen LogP contribution in [-0.2, 0) is 0 Å². The highest BCUT2D eigenvalue weighted by Gasteiger charge is 2.38. The van der Waals surface area contributed by atoms with Crippen molar-refractivity contribution in [3.05, 3.63) is 48.2 Å². The van der Waals surface area contributed by atoms with Gasteiger partial charge < -0.3 is 10.3 Å². The summed E-state index contributed by atoms with van der Waals surface area (Å²) in [5, 5.41) is 3.24. The molecule has 0 radical (unpaired) electrons. The van der Waals surface area contributed by atoms with E-state index < -0.39 is 0 Å². The number of rotatable bonds is 1. The van der Waals surface area contributed by atoms with Gasteiger partial charge in [-0.05, 0) is 42.7 Å². The van der Waals surface area contributed by atoms with Crippen molar-refractivity contribution in [2.24, 2.45) is 5.92 Å². The molecule has 2 aliphatic rings. The lowest BCUT2D eigenvalue weighted by atomic mass is 10.1. The molecule has 23 heavy (non-hydrogen) atoms. The minimum Gasteiger partial charge on any atom is -0.341 e. The van der Waals surface area contributed by atoms with Gasteiger partial charge in [0, 0.05) is 23.2 Å². The minimum atomic E-state index is -0.271. The average molecular weight is 306 g/mol. The van der Waals surface area contributed by atoms with Gasteiger partial charge >= 0.3 is 0 Å². The van der Waals surface area contributed by atoms with Crippen LogP contribution in [0.1, 0.15) is 25.1 Å². The summed E-state index contributed by atoms with van der Waals surface area (Å²) in [6, 6.07) is 8.67. The van der Waals surface area contributed by atoms with E-state index in [2.05, 4.69) is 22.2 Å². The molecule has 5 rings (SSSR count). The van der Waals surface area contributed by atoms with Crippen LogP contribution >= 0.6 is 0 Å². The normalized spacial score (nSPS) is 20.8. The van der Waals surface area contributed by atoms with E-state index in [0.29, 0.717) is 23.3 Å². The van der Waals surface area contributed by atoms with E-state index >= 15 is 0 Å². The van der Waals surface area contributed by atoms with Gasteiger partial charge in [-0.25, -0.2) is 14.4 Å². The van der Waals surface area contributed by atoms with E-state index in [0.717, 1.165) is 28.3 Å². The van der Waals surface area contributed by atoms with Gasteiger partial charge in [0.15, 0.2) is 0 Å². The second-order valence-electron chi connectivity index (χ2n) is 6.38. The Balaban J connectivity index is 1.80. The molecule has 2 atom stereocenters. The quantitative estimate of drug-likeness (QED) is 0.546. The summed E-state index contributed by atoms with van der Waals surface area (Å²) < 4.78 is 13.7. The molecule has 0 amide bonds. The molecule has 1 aromatic carbocycles. The van der Waals surface area contributed by atoms with Gasteiger partial charge in [0.05, 0.1) is 11.4 Å². The summed E-state index contributed by atoms with van der Waals surface area (Å²) in [6.45, 7) is 2.23. The molecule has 1 saturated carbocycles. The molecule has 2 aromatic heterocycles. The standard InChI is InChI=1S/C18H15FN4/c1-9-7-13(9)18-22-15-11-5-4-10(19)8-14(11)21-17-12(16(15)23-18)3-2-6-20-17/h2-6,8-9,13H,7H2,1H3,(H,20,21)(H,22,23)/t9-,13?/m0/s1. The van der Waals surface area contributed by atoms with Gasteiger partial charge in [0.25, 0.3) is 0 Å². The molecule has 4 nitrogen and oxygen atoms in total. The number of nitrogens with zero attached hydrogens (tertiary/aromatic N) is 2. The number of pyridine rings is 1. The Hall–Kier alpha value is -2.69. The van der Waals surface area contributed by atoms with Crippen molar-refractivity contribution in [2.45, 2.75) is 19.3 Å². The Labute approximate surface area is 132 Å². The van der Waals surface area contributed by atoms with E-state index in [1.165, 1.54) is 18.6 Å². The number of anilines is 2. The molecule has 1 unspecified atom stereocenters. The highest BCUT2D eigenvalue weighted by Crippen LogP contribution is 2.49. The van der Waals surface area contributed by atoms with Crippen LogP contribution in [0.3, 0.4) is 0 Å². The molecule has 1 aliphatic carbocycles. The largest absolute Gasteiger partial charge is 0.341 e. The van der Waals surface area contributed by atoms with Crippen LogP contribution in [0, 0.1) is 11.7 Å². The number of hydrogen-bond acceptors (Lipinski definition) is 3. The van der Waals surface area contributed by atoms with Crippen LogP contribution in [-0.4, -0.2) is 15.0 Å². The monoisotopic (exact) mass is 306 g/mol. The third kappa shape index (κ3) is 1.89. The molecule has 1 fully saturated rings. The van der Waals surface area contributed by atoms with Crippen molar-refractivity contribution in [1.82, 2.24) is 15.0 Å². The zero-order valence-electron chi connectivity index (χ0n) is 12.6. The number of aromatic amines is 1. The number of nitrogens with one attached hydrogen (secondary N) is 2. The number of benzene rings is 1. The molecule has 5 heteroatoms. The minimum absolute atomic E-state index is 0.271. The van der Waals surface area contributed by atoms with Crippen LogP contribution in [0.15, 0.2) is 36.5 Å². The fraction of sp³-hybridized carbons (Fsp3) is 0.222. The van der Waals surface area contributed by atoms with Crippen LogP contribution in [0.2, 0.25) is 0 Å². The summed E-state index contributed by atoms with van der Waals surface area (Å²) in [5.74, 6) is 2.63. The molecular formula is C18H15FN4. The predicted molar refractivity (Wildman–Crippen MR) is 87.0 cm³/mol. The maximum Gasteiger partial charge on any atom is 0.139 e. The molecular weight excluding hydrogens is 291 g/mol. The molecule has 0 saturated heterocycles. The number of imidazole rings is 1. The van der Waals surface area contributed by atoms with Gasteiger partial charge in [-0.3, -0.25) is 0 Å². The van der Waals surface area contributed by atoms with Crippen molar-refractivity contribution in [3.8, 4) is 22.5 Å². The van der Waals surface area contributed by atoms with Gasteiger partial charge in [0.1, 0.15) is 23.2 Å². The average Bonchev–Trinajstić information content (AvgIpc) is 3.15. The molecule has 2 N–H and O–H groups in total. The Morgan fingerprint density at radius 1 is 1.22 bits per heavy atom. The Morgan fingerprint density at radius 3 is 2.91 bits per heavy atom. The predicted octanol–water partition coefficient (Wildman–Crippen LogP) is 4.46. The number of aromatic nitrogens is 3. The van der Waals surface area contributed by atoms with Crippen LogP contribution in [0.25, 0.3) is 22.5 Å². The summed E-state index contributed by atoms with van der Waals surface area (Å²) in [6.07, 6.45) is 2.90. The molecule has 0 spiro atoms. The maximum atomic E-state index is 13.7. The first-order valence-electron chi connectivity index (χ1n) is 7.83. The van der Waals surface area contributed by atoms with E-state index in [-0.39, 0.29) is 5.82 Å². The smallest absolute Gasteiger partial charge is 0.139 e. The first-order chi connectivity index (χ1) is 11.2. The maximum absolute atomic E-state index is 13.7. The van der Waals surface area contributed by atoms with E-state index in [4.69, 9.17) is 4.98 Å². The van der Waals surface area contributed by atoms with Crippen LogP contribution in [0.5, 0.6) is 0 Å². The Kier molecular flexibility index (Phi) is 2.46. The van der Waals surface area contributed by atoms with E-state index in [1.807, 2.05) is 12.1 Å². The van der Waals surface area contributed by atoms with Gasteiger partial charge in [-0.15, -0.1) is 0 Å². The molecule has 0 bridgehead atoms. The Morgan fingerprint density at radius 2 is 2.09 bits per heavy atom. The fourth-order valence-corrected chi connectivity index (χ4v) is 3.32.